The van der Waals surface area contributed by atoms with Gasteiger partial charge >= 0.3 is 0 Å². The molecule has 4 heteroatoms. The molecule has 2 heterocycles. The van der Waals surface area contributed by atoms with Gasteiger partial charge in [-0.05, 0) is 38.7 Å². The first-order valence-corrected chi connectivity index (χ1v) is 7.31. The van der Waals surface area contributed by atoms with Crippen LogP contribution in [0.4, 0.5) is 10.2 Å². The lowest BCUT2D eigenvalue weighted by molar-refractivity contribution is 0.415. The third kappa shape index (κ3) is 3.69. The number of halogens is 1. The summed E-state index contributed by atoms with van der Waals surface area (Å²) in [6.07, 6.45) is 2.79. The molecule has 0 bridgehead atoms. The fourth-order valence-electron chi connectivity index (χ4n) is 2.48. The first-order valence-electron chi connectivity index (χ1n) is 7.31. The Kier molecular flexibility index (Phi) is 4.05. The molecular formula is C16H26FN3. The first-order chi connectivity index (χ1) is 9.18. The Labute approximate surface area is 121 Å². The molecule has 0 atom stereocenters. The first kappa shape index (κ1) is 15.2. The van der Waals surface area contributed by atoms with Crippen molar-refractivity contribution in [3.63, 3.8) is 0 Å². The fraction of sp³-hybridized carbons (Fsp3) is 0.688. The third-order valence-electron chi connectivity index (χ3n) is 3.74. The lowest BCUT2D eigenvalue weighted by atomic mass is 9.93. The van der Waals surface area contributed by atoms with E-state index in [4.69, 9.17) is 0 Å². The van der Waals surface area contributed by atoms with Crippen molar-refractivity contribution in [1.29, 1.82) is 0 Å². The molecule has 0 amide bonds. The van der Waals surface area contributed by atoms with Crippen molar-refractivity contribution in [2.75, 3.05) is 18.0 Å². The van der Waals surface area contributed by atoms with Crippen LogP contribution in [0.25, 0.3) is 0 Å². The Morgan fingerprint density at radius 3 is 2.65 bits per heavy atom. The van der Waals surface area contributed by atoms with Crippen LogP contribution in [-0.4, -0.2) is 23.6 Å². The van der Waals surface area contributed by atoms with Crippen LogP contribution >= 0.6 is 0 Å². The van der Waals surface area contributed by atoms with Gasteiger partial charge in [-0.25, -0.2) is 9.37 Å². The molecule has 1 aliphatic heterocycles. The summed E-state index contributed by atoms with van der Waals surface area (Å²) >= 11 is 0. The highest BCUT2D eigenvalue weighted by Gasteiger charge is 2.31. The summed E-state index contributed by atoms with van der Waals surface area (Å²) in [6, 6.07) is 1.76. The molecule has 0 aromatic carbocycles. The zero-order valence-electron chi connectivity index (χ0n) is 13.3. The number of aromatic nitrogens is 1. The van der Waals surface area contributed by atoms with Crippen molar-refractivity contribution < 1.29 is 4.39 Å². The molecule has 1 saturated heterocycles. The average molecular weight is 279 g/mol. The van der Waals surface area contributed by atoms with E-state index in [0.717, 1.165) is 19.5 Å². The summed E-state index contributed by atoms with van der Waals surface area (Å²) in [5.74, 6) is 0.325. The minimum atomic E-state index is -0.179. The number of hydrogen-bond donors (Lipinski definition) is 1. The van der Waals surface area contributed by atoms with E-state index < -0.39 is 0 Å². The Bertz CT molecular complexity index is 477. The van der Waals surface area contributed by atoms with Crippen molar-refractivity contribution >= 4 is 5.82 Å². The second-order valence-electron chi connectivity index (χ2n) is 7.55. The second kappa shape index (κ2) is 5.32. The van der Waals surface area contributed by atoms with Crippen LogP contribution < -0.4 is 10.2 Å². The van der Waals surface area contributed by atoms with Crippen LogP contribution in [0.1, 0.15) is 46.6 Å². The Balaban J connectivity index is 2.16. The Morgan fingerprint density at radius 1 is 1.40 bits per heavy atom. The smallest absolute Gasteiger partial charge is 0.170 e. The highest BCUT2D eigenvalue weighted by atomic mass is 19.1. The molecule has 1 N–H and O–H groups in total. The van der Waals surface area contributed by atoms with Gasteiger partial charge in [-0.2, -0.15) is 0 Å². The molecule has 2 rings (SSSR count). The van der Waals surface area contributed by atoms with Crippen LogP contribution in [-0.2, 0) is 6.54 Å². The van der Waals surface area contributed by atoms with Crippen molar-refractivity contribution in [3.05, 3.63) is 23.6 Å². The van der Waals surface area contributed by atoms with Gasteiger partial charge in [0.2, 0.25) is 0 Å². The lowest BCUT2D eigenvalue weighted by Crippen LogP contribution is -2.35. The van der Waals surface area contributed by atoms with E-state index in [9.17, 15) is 4.39 Å². The molecule has 1 aliphatic rings. The van der Waals surface area contributed by atoms with Gasteiger partial charge in [0.05, 0.1) is 0 Å². The summed E-state index contributed by atoms with van der Waals surface area (Å²) in [7, 11) is 0. The molecule has 1 aromatic rings. The number of anilines is 1. The number of pyridine rings is 1. The predicted molar refractivity (Wildman–Crippen MR) is 81.4 cm³/mol. The van der Waals surface area contributed by atoms with E-state index in [0.29, 0.717) is 17.9 Å². The minimum absolute atomic E-state index is 0.0223. The summed E-state index contributed by atoms with van der Waals surface area (Å²) < 4.78 is 14.6. The van der Waals surface area contributed by atoms with E-state index in [1.807, 2.05) is 0 Å². The molecule has 0 radical (unpaired) electrons. The van der Waals surface area contributed by atoms with Gasteiger partial charge < -0.3 is 10.2 Å². The van der Waals surface area contributed by atoms with Gasteiger partial charge in [0.1, 0.15) is 0 Å². The van der Waals surface area contributed by atoms with Crippen molar-refractivity contribution in [1.82, 2.24) is 10.3 Å². The molecule has 0 spiro atoms. The lowest BCUT2D eigenvalue weighted by Gasteiger charge is -2.23. The van der Waals surface area contributed by atoms with E-state index in [2.05, 4.69) is 49.8 Å². The van der Waals surface area contributed by atoms with E-state index >= 15 is 0 Å². The largest absolute Gasteiger partial charge is 0.354 e. The topological polar surface area (TPSA) is 28.2 Å². The average Bonchev–Trinajstić information content (AvgIpc) is 2.67. The highest BCUT2D eigenvalue weighted by Crippen LogP contribution is 2.33. The molecule has 20 heavy (non-hydrogen) atoms. The van der Waals surface area contributed by atoms with E-state index in [1.54, 1.807) is 12.3 Å². The monoisotopic (exact) mass is 279 g/mol. The van der Waals surface area contributed by atoms with Gasteiger partial charge in [0.15, 0.2) is 11.6 Å². The molecule has 0 saturated carbocycles. The molecule has 1 aromatic heterocycles. The third-order valence-corrected chi connectivity index (χ3v) is 3.74. The van der Waals surface area contributed by atoms with E-state index in [1.165, 1.54) is 0 Å². The Morgan fingerprint density at radius 2 is 2.10 bits per heavy atom. The number of hydrogen-bond acceptors (Lipinski definition) is 3. The van der Waals surface area contributed by atoms with Gasteiger partial charge in [0, 0.05) is 36.9 Å². The minimum Gasteiger partial charge on any atom is -0.354 e. The normalized spacial score (nSPS) is 18.6. The van der Waals surface area contributed by atoms with Crippen molar-refractivity contribution in [3.8, 4) is 0 Å². The molecule has 3 nitrogen and oxygen atoms in total. The standard InChI is InChI=1S/C16H26FN3/c1-15(2,3)19-10-12-6-8-18-14(13(12)17)20-9-7-16(4,5)11-20/h6,8,19H,7,9-11H2,1-5H3. The van der Waals surface area contributed by atoms with Gasteiger partial charge in [0.25, 0.3) is 0 Å². The molecular weight excluding hydrogens is 253 g/mol. The molecule has 112 valence electrons. The second-order valence-corrected chi connectivity index (χ2v) is 7.55. The number of nitrogens with zero attached hydrogens (tertiary/aromatic N) is 2. The zero-order valence-corrected chi connectivity index (χ0v) is 13.3. The van der Waals surface area contributed by atoms with Crippen LogP contribution in [0.15, 0.2) is 12.3 Å². The number of rotatable bonds is 3. The van der Waals surface area contributed by atoms with Crippen LogP contribution in [0.5, 0.6) is 0 Å². The summed E-state index contributed by atoms with van der Waals surface area (Å²) in [4.78, 5) is 6.32. The predicted octanol–water partition coefficient (Wildman–Crippen LogP) is 3.35. The van der Waals surface area contributed by atoms with Gasteiger partial charge in [-0.15, -0.1) is 0 Å². The van der Waals surface area contributed by atoms with Gasteiger partial charge in [-0.3, -0.25) is 0 Å². The Hall–Kier alpha value is -1.16. The van der Waals surface area contributed by atoms with Crippen molar-refractivity contribution in [2.45, 2.75) is 53.1 Å². The molecule has 0 unspecified atom stereocenters. The highest BCUT2D eigenvalue weighted by molar-refractivity contribution is 5.44. The van der Waals surface area contributed by atoms with Crippen molar-refractivity contribution in [2.24, 2.45) is 5.41 Å². The van der Waals surface area contributed by atoms with Crippen LogP contribution in [0.2, 0.25) is 0 Å². The summed E-state index contributed by atoms with van der Waals surface area (Å²) in [5, 5.41) is 3.33. The fourth-order valence-corrected chi connectivity index (χ4v) is 2.48. The van der Waals surface area contributed by atoms with Crippen LogP contribution in [0.3, 0.4) is 0 Å². The maximum Gasteiger partial charge on any atom is 0.170 e. The SMILES string of the molecule is CC1(C)CCN(c2nccc(CNC(C)(C)C)c2F)C1. The van der Waals surface area contributed by atoms with E-state index in [-0.39, 0.29) is 16.8 Å². The van der Waals surface area contributed by atoms with Crippen LogP contribution in [0, 0.1) is 11.2 Å². The summed E-state index contributed by atoms with van der Waals surface area (Å²) in [5.41, 5.74) is 0.911. The number of nitrogens with one attached hydrogen (secondary N) is 1. The maximum absolute atomic E-state index is 14.6. The maximum atomic E-state index is 14.6. The molecule has 0 aliphatic carbocycles. The quantitative estimate of drug-likeness (QED) is 0.919. The zero-order chi connectivity index (χ0) is 15.0. The van der Waals surface area contributed by atoms with Gasteiger partial charge in [-0.1, -0.05) is 13.8 Å². The summed E-state index contributed by atoms with van der Waals surface area (Å²) in [6.45, 7) is 13.0. The molecule has 1 fully saturated rings.